The molecule has 3 rings (SSSR count). The lowest BCUT2D eigenvalue weighted by Crippen LogP contribution is -2.48. The molecule has 1 aliphatic rings. The van der Waals surface area contributed by atoms with Crippen molar-refractivity contribution < 1.29 is 0 Å². The number of aromatic nitrogens is 1. The molecule has 1 unspecified atom stereocenters. The number of nitrogens with one attached hydrogen (secondary N) is 1. The Morgan fingerprint density at radius 3 is 3.00 bits per heavy atom. The highest BCUT2D eigenvalue weighted by molar-refractivity contribution is 5.59. The van der Waals surface area contributed by atoms with E-state index in [1.54, 1.807) is 0 Å². The molecule has 20 heavy (non-hydrogen) atoms. The van der Waals surface area contributed by atoms with Crippen molar-refractivity contribution in [1.82, 2.24) is 15.2 Å². The first-order valence-electron chi connectivity index (χ1n) is 7.27. The van der Waals surface area contributed by atoms with Crippen molar-refractivity contribution >= 4 is 0 Å². The van der Waals surface area contributed by atoms with Crippen LogP contribution in [0, 0.1) is 0 Å². The molecule has 0 amide bonds. The van der Waals surface area contributed by atoms with Gasteiger partial charge in [0, 0.05) is 44.0 Å². The van der Waals surface area contributed by atoms with E-state index in [0.717, 1.165) is 31.9 Å². The maximum absolute atomic E-state index is 4.43. The van der Waals surface area contributed by atoms with Crippen molar-refractivity contribution in [2.24, 2.45) is 0 Å². The monoisotopic (exact) mass is 267 g/mol. The first kappa shape index (κ1) is 13.3. The van der Waals surface area contributed by atoms with Gasteiger partial charge in [-0.05, 0) is 30.7 Å². The van der Waals surface area contributed by atoms with E-state index in [4.69, 9.17) is 0 Å². The van der Waals surface area contributed by atoms with Gasteiger partial charge in [-0.1, -0.05) is 24.3 Å². The summed E-state index contributed by atoms with van der Waals surface area (Å²) in [6.07, 6.45) is 1.85. The minimum Gasteiger partial charge on any atom is -0.312 e. The first-order valence-corrected chi connectivity index (χ1v) is 7.27. The van der Waals surface area contributed by atoms with E-state index >= 15 is 0 Å². The average molecular weight is 267 g/mol. The second-order valence-corrected chi connectivity index (χ2v) is 5.51. The number of hydrogen-bond donors (Lipinski definition) is 1. The fourth-order valence-corrected chi connectivity index (χ4v) is 2.78. The molecule has 1 fully saturated rings. The summed E-state index contributed by atoms with van der Waals surface area (Å²) >= 11 is 0. The summed E-state index contributed by atoms with van der Waals surface area (Å²) < 4.78 is 0. The minimum absolute atomic E-state index is 0.586. The summed E-state index contributed by atoms with van der Waals surface area (Å²) in [5, 5.41) is 3.48. The van der Waals surface area contributed by atoms with E-state index in [9.17, 15) is 0 Å². The molecule has 1 atom stereocenters. The zero-order chi connectivity index (χ0) is 13.8. The van der Waals surface area contributed by atoms with Crippen molar-refractivity contribution in [3.05, 3.63) is 54.2 Å². The SMILES string of the molecule is CC1CN(Cc2cccc(-c3ccccn3)c2)CCN1. The first-order chi connectivity index (χ1) is 9.81. The fraction of sp³-hybridized carbons (Fsp3) is 0.353. The second kappa shape index (κ2) is 6.16. The summed E-state index contributed by atoms with van der Waals surface area (Å²) in [5.74, 6) is 0. The van der Waals surface area contributed by atoms with Crippen LogP contribution in [-0.2, 0) is 6.54 Å². The van der Waals surface area contributed by atoms with E-state index < -0.39 is 0 Å². The van der Waals surface area contributed by atoms with Crippen molar-refractivity contribution in [3.63, 3.8) is 0 Å². The molecule has 1 aromatic heterocycles. The lowest BCUT2D eigenvalue weighted by molar-refractivity contribution is 0.199. The smallest absolute Gasteiger partial charge is 0.0702 e. The van der Waals surface area contributed by atoms with E-state index in [0.29, 0.717) is 6.04 Å². The van der Waals surface area contributed by atoms with Crippen LogP contribution in [0.15, 0.2) is 48.7 Å². The van der Waals surface area contributed by atoms with Gasteiger partial charge in [0.15, 0.2) is 0 Å². The number of rotatable bonds is 3. The zero-order valence-electron chi connectivity index (χ0n) is 11.9. The normalized spacial score (nSPS) is 19.9. The third-order valence-corrected chi connectivity index (χ3v) is 3.75. The molecule has 0 spiro atoms. The number of pyridine rings is 1. The summed E-state index contributed by atoms with van der Waals surface area (Å²) in [6, 6.07) is 15.4. The van der Waals surface area contributed by atoms with Crippen molar-refractivity contribution in [1.29, 1.82) is 0 Å². The van der Waals surface area contributed by atoms with Crippen molar-refractivity contribution in [3.8, 4) is 11.3 Å². The van der Waals surface area contributed by atoms with Crippen LogP contribution >= 0.6 is 0 Å². The number of hydrogen-bond acceptors (Lipinski definition) is 3. The van der Waals surface area contributed by atoms with Crippen LogP contribution in [0.5, 0.6) is 0 Å². The summed E-state index contributed by atoms with van der Waals surface area (Å²) in [7, 11) is 0. The Bertz CT molecular complexity index is 553. The van der Waals surface area contributed by atoms with Crippen LogP contribution in [0.25, 0.3) is 11.3 Å². The molecule has 0 aliphatic carbocycles. The number of nitrogens with zero attached hydrogens (tertiary/aromatic N) is 2. The predicted molar refractivity (Wildman–Crippen MR) is 82.4 cm³/mol. The molecule has 1 aliphatic heterocycles. The van der Waals surface area contributed by atoms with Crippen LogP contribution in [-0.4, -0.2) is 35.6 Å². The van der Waals surface area contributed by atoms with Crippen LogP contribution in [0.3, 0.4) is 0 Å². The predicted octanol–water partition coefficient (Wildman–Crippen LogP) is 2.54. The Hall–Kier alpha value is -1.71. The van der Waals surface area contributed by atoms with Gasteiger partial charge < -0.3 is 5.32 Å². The Labute approximate surface area is 120 Å². The lowest BCUT2D eigenvalue weighted by Gasteiger charge is -2.31. The number of benzene rings is 1. The summed E-state index contributed by atoms with van der Waals surface area (Å²) in [6.45, 7) is 6.59. The molecule has 104 valence electrons. The van der Waals surface area contributed by atoms with Gasteiger partial charge in [-0.25, -0.2) is 0 Å². The summed E-state index contributed by atoms with van der Waals surface area (Å²) in [5.41, 5.74) is 3.61. The molecule has 3 nitrogen and oxygen atoms in total. The van der Waals surface area contributed by atoms with Crippen LogP contribution in [0.4, 0.5) is 0 Å². The zero-order valence-corrected chi connectivity index (χ0v) is 11.9. The topological polar surface area (TPSA) is 28.2 Å². The molecular weight excluding hydrogens is 246 g/mol. The quantitative estimate of drug-likeness (QED) is 0.926. The Balaban J connectivity index is 1.74. The van der Waals surface area contributed by atoms with Gasteiger partial charge in [0.05, 0.1) is 5.69 Å². The van der Waals surface area contributed by atoms with E-state index in [2.05, 4.69) is 52.5 Å². The van der Waals surface area contributed by atoms with E-state index in [1.165, 1.54) is 11.1 Å². The molecule has 1 N–H and O–H groups in total. The van der Waals surface area contributed by atoms with Crippen LogP contribution in [0.1, 0.15) is 12.5 Å². The minimum atomic E-state index is 0.586. The van der Waals surface area contributed by atoms with Crippen molar-refractivity contribution in [2.45, 2.75) is 19.5 Å². The third-order valence-electron chi connectivity index (χ3n) is 3.75. The van der Waals surface area contributed by atoms with Crippen molar-refractivity contribution in [2.75, 3.05) is 19.6 Å². The molecule has 1 saturated heterocycles. The lowest BCUT2D eigenvalue weighted by atomic mass is 10.1. The van der Waals surface area contributed by atoms with E-state index in [-0.39, 0.29) is 0 Å². The maximum atomic E-state index is 4.43. The summed E-state index contributed by atoms with van der Waals surface area (Å²) in [4.78, 5) is 6.94. The highest BCUT2D eigenvalue weighted by atomic mass is 15.2. The molecule has 0 saturated carbocycles. The van der Waals surface area contributed by atoms with Gasteiger partial charge in [-0.2, -0.15) is 0 Å². The van der Waals surface area contributed by atoms with Gasteiger partial charge in [0.25, 0.3) is 0 Å². The molecule has 1 aromatic carbocycles. The van der Waals surface area contributed by atoms with Gasteiger partial charge >= 0.3 is 0 Å². The highest BCUT2D eigenvalue weighted by Crippen LogP contribution is 2.19. The maximum Gasteiger partial charge on any atom is 0.0702 e. The largest absolute Gasteiger partial charge is 0.312 e. The molecule has 0 bridgehead atoms. The number of piperazine rings is 1. The van der Waals surface area contributed by atoms with Gasteiger partial charge in [0.2, 0.25) is 0 Å². The standard InChI is InChI=1S/C17H21N3/c1-14-12-20(10-9-18-14)13-15-5-4-6-16(11-15)17-7-2-3-8-19-17/h2-8,11,14,18H,9-10,12-13H2,1H3. The molecular formula is C17H21N3. The Morgan fingerprint density at radius 1 is 1.25 bits per heavy atom. The highest BCUT2D eigenvalue weighted by Gasteiger charge is 2.15. The fourth-order valence-electron chi connectivity index (χ4n) is 2.78. The third kappa shape index (κ3) is 3.24. The van der Waals surface area contributed by atoms with Gasteiger partial charge in [0.1, 0.15) is 0 Å². The van der Waals surface area contributed by atoms with Crippen LogP contribution in [0.2, 0.25) is 0 Å². The van der Waals surface area contributed by atoms with Crippen LogP contribution < -0.4 is 5.32 Å². The second-order valence-electron chi connectivity index (χ2n) is 5.51. The molecule has 3 heteroatoms. The molecule has 0 radical (unpaired) electrons. The Morgan fingerprint density at radius 2 is 2.20 bits per heavy atom. The molecule has 2 aromatic rings. The average Bonchev–Trinajstić information content (AvgIpc) is 2.48. The van der Waals surface area contributed by atoms with Gasteiger partial charge in [-0.15, -0.1) is 0 Å². The Kier molecular flexibility index (Phi) is 4.09. The van der Waals surface area contributed by atoms with Gasteiger partial charge in [-0.3, -0.25) is 9.88 Å². The molecule has 2 heterocycles. The van der Waals surface area contributed by atoms with E-state index in [1.807, 2.05) is 18.3 Å².